The molecule has 0 unspecified atom stereocenters. The van der Waals surface area contributed by atoms with Gasteiger partial charge in [-0.15, -0.1) is 0 Å². The van der Waals surface area contributed by atoms with Crippen LogP contribution in [-0.2, 0) is 32.7 Å². The lowest BCUT2D eigenvalue weighted by atomic mass is 10.2. The fourth-order valence-corrected chi connectivity index (χ4v) is 3.88. The molecule has 1 aliphatic rings. The number of aromatic nitrogens is 4. The number of imidazole rings is 1. The third-order valence-corrected chi connectivity index (χ3v) is 5.18. The Morgan fingerprint density at radius 2 is 2.07 bits per heavy atom. The minimum Gasteiger partial charge on any atom is -0.468 e. The van der Waals surface area contributed by atoms with Crippen molar-refractivity contribution in [2.75, 3.05) is 13.6 Å². The quantitative estimate of drug-likeness (QED) is 0.560. The van der Waals surface area contributed by atoms with Gasteiger partial charge in [0.1, 0.15) is 11.6 Å². The zero-order chi connectivity index (χ0) is 18.9. The van der Waals surface area contributed by atoms with Crippen LogP contribution >= 0.6 is 0 Å². The van der Waals surface area contributed by atoms with E-state index in [0.29, 0.717) is 0 Å². The highest BCUT2D eigenvalue weighted by molar-refractivity contribution is 5.74. The SMILES string of the molecule is CN(Cc1cc2n(n1)CCN(Cc1ccco1)C2)Cc1nc2ccccc2[nH]1. The molecule has 0 saturated heterocycles. The fraction of sp³-hybridized carbons (Fsp3) is 0.333. The topological polar surface area (TPSA) is 66.1 Å². The van der Waals surface area contributed by atoms with E-state index in [4.69, 9.17) is 9.52 Å². The molecule has 0 aliphatic carbocycles. The summed E-state index contributed by atoms with van der Waals surface area (Å²) < 4.78 is 7.62. The van der Waals surface area contributed by atoms with E-state index in [1.165, 1.54) is 5.69 Å². The monoisotopic (exact) mass is 376 g/mol. The van der Waals surface area contributed by atoms with Crippen LogP contribution in [0.1, 0.15) is 23.0 Å². The Kier molecular flexibility index (Phi) is 4.46. The van der Waals surface area contributed by atoms with Crippen molar-refractivity contribution < 1.29 is 4.42 Å². The van der Waals surface area contributed by atoms with E-state index < -0.39 is 0 Å². The second-order valence-corrected chi connectivity index (χ2v) is 7.51. The van der Waals surface area contributed by atoms with Gasteiger partial charge in [-0.25, -0.2) is 4.98 Å². The lowest BCUT2D eigenvalue weighted by Gasteiger charge is -2.26. The standard InChI is InChI=1S/C21H24N6O/c1-25(15-21-22-19-6-2-3-7-20(19)23-21)12-16-11-17-13-26(8-9-27(17)24-16)14-18-5-4-10-28-18/h2-7,10-11H,8-9,12-15H2,1H3,(H,22,23). The number of nitrogens with zero attached hydrogens (tertiary/aromatic N) is 5. The Balaban J connectivity index is 1.22. The molecule has 0 radical (unpaired) electrons. The van der Waals surface area contributed by atoms with E-state index in [1.54, 1.807) is 6.26 Å². The summed E-state index contributed by atoms with van der Waals surface area (Å²) in [6, 6.07) is 14.3. The van der Waals surface area contributed by atoms with Crippen LogP contribution < -0.4 is 0 Å². The third kappa shape index (κ3) is 3.58. The molecule has 0 bridgehead atoms. The Morgan fingerprint density at radius 3 is 2.93 bits per heavy atom. The molecule has 4 aromatic rings. The number of aromatic amines is 1. The summed E-state index contributed by atoms with van der Waals surface area (Å²) in [6.07, 6.45) is 1.74. The highest BCUT2D eigenvalue weighted by Crippen LogP contribution is 2.18. The molecule has 1 aliphatic heterocycles. The second kappa shape index (κ2) is 7.26. The van der Waals surface area contributed by atoms with Gasteiger partial charge in [0.05, 0.1) is 48.3 Å². The van der Waals surface area contributed by atoms with Gasteiger partial charge in [0, 0.05) is 19.6 Å². The van der Waals surface area contributed by atoms with E-state index in [-0.39, 0.29) is 0 Å². The normalized spacial score (nSPS) is 14.8. The zero-order valence-electron chi connectivity index (χ0n) is 16.0. The number of furan rings is 1. The lowest BCUT2D eigenvalue weighted by molar-refractivity contribution is 0.190. The number of benzene rings is 1. The highest BCUT2D eigenvalue weighted by atomic mass is 16.3. The molecular formula is C21H24N6O. The van der Waals surface area contributed by atoms with Gasteiger partial charge in [-0.1, -0.05) is 12.1 Å². The van der Waals surface area contributed by atoms with Crippen LogP contribution in [0.5, 0.6) is 0 Å². The van der Waals surface area contributed by atoms with Crippen molar-refractivity contribution in [2.24, 2.45) is 0 Å². The first kappa shape index (κ1) is 17.2. The van der Waals surface area contributed by atoms with Crippen LogP contribution in [0.3, 0.4) is 0 Å². The molecule has 144 valence electrons. The Bertz CT molecular complexity index is 1030. The maximum absolute atomic E-state index is 5.48. The van der Waals surface area contributed by atoms with Crippen molar-refractivity contribution in [1.82, 2.24) is 29.5 Å². The van der Waals surface area contributed by atoms with Gasteiger partial charge in [0.2, 0.25) is 0 Å². The average molecular weight is 376 g/mol. The number of hydrogen-bond acceptors (Lipinski definition) is 5. The summed E-state index contributed by atoms with van der Waals surface area (Å²) in [5, 5.41) is 4.80. The largest absolute Gasteiger partial charge is 0.468 e. The molecule has 0 amide bonds. The van der Waals surface area contributed by atoms with E-state index in [1.807, 2.05) is 30.3 Å². The van der Waals surface area contributed by atoms with E-state index in [9.17, 15) is 0 Å². The van der Waals surface area contributed by atoms with Crippen molar-refractivity contribution in [2.45, 2.75) is 32.7 Å². The van der Waals surface area contributed by atoms with Gasteiger partial charge < -0.3 is 9.40 Å². The Labute approximate surface area is 163 Å². The molecule has 0 spiro atoms. The molecule has 0 fully saturated rings. The minimum absolute atomic E-state index is 0.765. The van der Waals surface area contributed by atoms with E-state index in [2.05, 4.69) is 43.6 Å². The molecule has 3 aromatic heterocycles. The number of H-pyrrole nitrogens is 1. The van der Waals surface area contributed by atoms with Crippen molar-refractivity contribution in [3.8, 4) is 0 Å². The van der Waals surface area contributed by atoms with Crippen molar-refractivity contribution in [3.63, 3.8) is 0 Å². The average Bonchev–Trinajstić information content (AvgIpc) is 3.40. The predicted octanol–water partition coefficient (Wildman–Crippen LogP) is 3.00. The van der Waals surface area contributed by atoms with Crippen molar-refractivity contribution >= 4 is 11.0 Å². The number of rotatable bonds is 6. The van der Waals surface area contributed by atoms with Gasteiger partial charge in [0.15, 0.2) is 0 Å². The molecule has 1 aromatic carbocycles. The minimum atomic E-state index is 0.765. The van der Waals surface area contributed by atoms with Gasteiger partial charge in [-0.05, 0) is 37.4 Å². The number of fused-ring (bicyclic) bond motifs is 2. The van der Waals surface area contributed by atoms with Gasteiger partial charge in [-0.3, -0.25) is 14.5 Å². The molecular weight excluding hydrogens is 352 g/mol. The number of para-hydroxylation sites is 2. The van der Waals surface area contributed by atoms with Gasteiger partial charge >= 0.3 is 0 Å². The van der Waals surface area contributed by atoms with Gasteiger partial charge in [-0.2, -0.15) is 5.10 Å². The van der Waals surface area contributed by atoms with Crippen LogP contribution in [0, 0.1) is 0 Å². The lowest BCUT2D eigenvalue weighted by Crippen LogP contribution is -2.33. The zero-order valence-corrected chi connectivity index (χ0v) is 16.0. The van der Waals surface area contributed by atoms with Crippen LogP contribution in [-0.4, -0.2) is 43.1 Å². The molecule has 28 heavy (non-hydrogen) atoms. The maximum Gasteiger partial charge on any atom is 0.121 e. The first-order valence-electron chi connectivity index (χ1n) is 9.65. The van der Waals surface area contributed by atoms with Crippen molar-refractivity contribution in [3.05, 3.63) is 71.7 Å². The van der Waals surface area contributed by atoms with E-state index >= 15 is 0 Å². The summed E-state index contributed by atoms with van der Waals surface area (Å²) in [5.74, 6) is 2.00. The first-order valence-corrected chi connectivity index (χ1v) is 9.65. The Morgan fingerprint density at radius 1 is 1.14 bits per heavy atom. The molecule has 0 saturated carbocycles. The Hall–Kier alpha value is -2.90. The molecule has 1 N–H and O–H groups in total. The van der Waals surface area contributed by atoms with Gasteiger partial charge in [0.25, 0.3) is 0 Å². The predicted molar refractivity (Wildman–Crippen MR) is 106 cm³/mol. The summed E-state index contributed by atoms with van der Waals surface area (Å²) in [5.41, 5.74) is 4.47. The maximum atomic E-state index is 5.48. The second-order valence-electron chi connectivity index (χ2n) is 7.51. The fourth-order valence-electron chi connectivity index (χ4n) is 3.88. The first-order chi connectivity index (χ1) is 13.7. The molecule has 0 atom stereocenters. The molecule has 7 nitrogen and oxygen atoms in total. The van der Waals surface area contributed by atoms with Crippen LogP contribution in [0.2, 0.25) is 0 Å². The summed E-state index contributed by atoms with van der Waals surface area (Å²) in [6.45, 7) is 5.23. The number of nitrogens with one attached hydrogen (secondary N) is 1. The summed E-state index contributed by atoms with van der Waals surface area (Å²) >= 11 is 0. The number of hydrogen-bond donors (Lipinski definition) is 1. The smallest absolute Gasteiger partial charge is 0.121 e. The van der Waals surface area contributed by atoms with Crippen molar-refractivity contribution in [1.29, 1.82) is 0 Å². The molecule has 4 heterocycles. The summed E-state index contributed by atoms with van der Waals surface area (Å²) in [7, 11) is 2.11. The molecule has 5 rings (SSSR count). The third-order valence-electron chi connectivity index (χ3n) is 5.18. The highest BCUT2D eigenvalue weighted by Gasteiger charge is 2.19. The van der Waals surface area contributed by atoms with E-state index in [0.717, 1.165) is 67.6 Å². The van der Waals surface area contributed by atoms with Crippen LogP contribution in [0.25, 0.3) is 11.0 Å². The van der Waals surface area contributed by atoms with Crippen LogP contribution in [0.4, 0.5) is 0 Å². The summed E-state index contributed by atoms with van der Waals surface area (Å²) in [4.78, 5) is 12.7. The van der Waals surface area contributed by atoms with Crippen LogP contribution in [0.15, 0.2) is 53.1 Å². The molecule has 7 heteroatoms.